The van der Waals surface area contributed by atoms with E-state index in [1.165, 1.54) is 10.4 Å². The number of carbonyl (C=O) groups excluding carboxylic acids is 1. The largest absolute Gasteiger partial charge is 0.484 e. The molecule has 3 rings (SSSR count). The Bertz CT molecular complexity index is 893. The average molecular weight is 435 g/mol. The van der Waals surface area contributed by atoms with E-state index in [9.17, 15) is 13.2 Å². The van der Waals surface area contributed by atoms with Crippen LogP contribution in [0.1, 0.15) is 0 Å². The third-order valence-electron chi connectivity index (χ3n) is 3.89. The van der Waals surface area contributed by atoms with Gasteiger partial charge in [-0.2, -0.15) is 4.31 Å². The van der Waals surface area contributed by atoms with Gasteiger partial charge < -0.3 is 9.64 Å². The van der Waals surface area contributed by atoms with Crippen LogP contribution >= 0.6 is 34.5 Å². The van der Waals surface area contributed by atoms with E-state index in [1.54, 1.807) is 35.2 Å². The maximum atomic E-state index is 12.6. The zero-order chi connectivity index (χ0) is 18.7. The van der Waals surface area contributed by atoms with Crippen molar-refractivity contribution >= 4 is 50.5 Å². The van der Waals surface area contributed by atoms with Crippen molar-refractivity contribution in [3.8, 4) is 5.75 Å². The molecule has 140 valence electrons. The predicted molar refractivity (Wildman–Crippen MR) is 102 cm³/mol. The number of amides is 1. The minimum atomic E-state index is -3.57. The van der Waals surface area contributed by atoms with E-state index >= 15 is 0 Å². The minimum Gasteiger partial charge on any atom is -0.484 e. The molecule has 0 spiro atoms. The summed E-state index contributed by atoms with van der Waals surface area (Å²) in [7, 11) is -3.57. The van der Waals surface area contributed by atoms with Crippen LogP contribution in [-0.4, -0.2) is 56.3 Å². The van der Waals surface area contributed by atoms with Gasteiger partial charge in [-0.25, -0.2) is 8.42 Å². The van der Waals surface area contributed by atoms with Crippen molar-refractivity contribution < 1.29 is 17.9 Å². The number of rotatable bonds is 5. The van der Waals surface area contributed by atoms with Gasteiger partial charge in [0, 0.05) is 31.2 Å². The molecule has 1 amide bonds. The molecule has 0 aliphatic carbocycles. The lowest BCUT2D eigenvalue weighted by Gasteiger charge is -2.33. The van der Waals surface area contributed by atoms with Gasteiger partial charge in [-0.3, -0.25) is 4.79 Å². The molecule has 1 aromatic carbocycles. The fraction of sp³-hybridized carbons (Fsp3) is 0.312. The van der Waals surface area contributed by atoms with Crippen LogP contribution in [0.2, 0.25) is 9.36 Å². The van der Waals surface area contributed by atoms with Gasteiger partial charge in [-0.1, -0.05) is 29.3 Å². The fourth-order valence-electron chi connectivity index (χ4n) is 2.53. The van der Waals surface area contributed by atoms with E-state index in [1.807, 2.05) is 0 Å². The molecule has 1 aromatic heterocycles. The molecule has 1 aliphatic heterocycles. The second-order valence-electron chi connectivity index (χ2n) is 5.59. The number of carbonyl (C=O) groups is 1. The second kappa shape index (κ2) is 8.14. The summed E-state index contributed by atoms with van der Waals surface area (Å²) < 4.78 is 32.6. The van der Waals surface area contributed by atoms with E-state index < -0.39 is 10.0 Å². The molecular formula is C16H16Cl2N2O4S2. The number of hydrogen-bond donors (Lipinski definition) is 0. The zero-order valence-corrected chi connectivity index (χ0v) is 16.7. The Morgan fingerprint density at radius 1 is 1.12 bits per heavy atom. The van der Waals surface area contributed by atoms with Crippen molar-refractivity contribution in [2.24, 2.45) is 0 Å². The van der Waals surface area contributed by atoms with Crippen molar-refractivity contribution in [1.82, 2.24) is 9.21 Å². The Balaban J connectivity index is 1.54. The van der Waals surface area contributed by atoms with Gasteiger partial charge in [0.1, 0.15) is 9.96 Å². The first-order chi connectivity index (χ1) is 12.4. The Kier molecular flexibility index (Phi) is 6.09. The van der Waals surface area contributed by atoms with Crippen molar-refractivity contribution in [1.29, 1.82) is 0 Å². The second-order valence-corrected chi connectivity index (χ2v) is 9.91. The number of thiophene rings is 1. The number of sulfonamides is 1. The SMILES string of the molecule is O=C(COc1cccc(Cl)c1)N1CCN(S(=O)(=O)c2ccc(Cl)s2)CC1. The topological polar surface area (TPSA) is 66.9 Å². The van der Waals surface area contributed by atoms with Crippen LogP contribution in [0.4, 0.5) is 0 Å². The van der Waals surface area contributed by atoms with Crippen molar-refractivity contribution in [2.75, 3.05) is 32.8 Å². The molecule has 1 aliphatic rings. The normalized spacial score (nSPS) is 15.8. The first-order valence-corrected chi connectivity index (χ1v) is 10.8. The lowest BCUT2D eigenvalue weighted by molar-refractivity contribution is -0.134. The molecule has 26 heavy (non-hydrogen) atoms. The standard InChI is InChI=1S/C16H16Cl2N2O4S2/c17-12-2-1-3-13(10-12)24-11-15(21)19-6-8-20(9-7-19)26(22,23)16-5-4-14(18)25-16/h1-5,10H,6-9,11H2. The van der Waals surface area contributed by atoms with Crippen LogP contribution < -0.4 is 4.74 Å². The molecule has 10 heteroatoms. The van der Waals surface area contributed by atoms with Crippen molar-refractivity contribution in [3.63, 3.8) is 0 Å². The first kappa shape index (κ1) is 19.4. The van der Waals surface area contributed by atoms with Gasteiger partial charge in [0.2, 0.25) is 0 Å². The molecule has 0 atom stereocenters. The number of nitrogens with zero attached hydrogens (tertiary/aromatic N) is 2. The van der Waals surface area contributed by atoms with E-state index in [0.29, 0.717) is 28.2 Å². The molecule has 0 saturated carbocycles. The molecule has 6 nitrogen and oxygen atoms in total. The molecular weight excluding hydrogens is 419 g/mol. The molecule has 0 radical (unpaired) electrons. The van der Waals surface area contributed by atoms with E-state index in [4.69, 9.17) is 27.9 Å². The van der Waals surface area contributed by atoms with Gasteiger partial charge in [0.25, 0.3) is 15.9 Å². The van der Waals surface area contributed by atoms with Crippen LogP contribution in [0, 0.1) is 0 Å². The Hall–Kier alpha value is -1.32. The highest BCUT2D eigenvalue weighted by Gasteiger charge is 2.31. The highest BCUT2D eigenvalue weighted by atomic mass is 35.5. The van der Waals surface area contributed by atoms with Crippen LogP contribution in [0.3, 0.4) is 0 Å². The molecule has 0 bridgehead atoms. The van der Waals surface area contributed by atoms with Crippen molar-refractivity contribution in [2.45, 2.75) is 4.21 Å². The van der Waals surface area contributed by atoms with Crippen LogP contribution in [-0.2, 0) is 14.8 Å². The maximum Gasteiger partial charge on any atom is 0.260 e. The molecule has 0 unspecified atom stereocenters. The first-order valence-electron chi connectivity index (χ1n) is 7.78. The predicted octanol–water partition coefficient (Wildman–Crippen LogP) is 2.97. The summed E-state index contributed by atoms with van der Waals surface area (Å²) in [5.74, 6) is 0.322. The quantitative estimate of drug-likeness (QED) is 0.725. The number of halogens is 2. The molecule has 1 saturated heterocycles. The summed E-state index contributed by atoms with van der Waals surface area (Å²) in [5.41, 5.74) is 0. The Morgan fingerprint density at radius 3 is 2.46 bits per heavy atom. The summed E-state index contributed by atoms with van der Waals surface area (Å²) in [4.78, 5) is 13.9. The molecule has 2 aromatic rings. The van der Waals surface area contributed by atoms with Gasteiger partial charge in [0.15, 0.2) is 6.61 Å². The van der Waals surface area contributed by atoms with Gasteiger partial charge in [0.05, 0.1) is 4.34 Å². The minimum absolute atomic E-state index is 0.117. The van der Waals surface area contributed by atoms with Crippen molar-refractivity contribution in [3.05, 3.63) is 45.8 Å². The van der Waals surface area contributed by atoms with Crippen LogP contribution in [0.15, 0.2) is 40.6 Å². The molecule has 1 fully saturated rings. The summed E-state index contributed by atoms with van der Waals surface area (Å²) in [6.07, 6.45) is 0. The zero-order valence-electron chi connectivity index (χ0n) is 13.6. The highest BCUT2D eigenvalue weighted by molar-refractivity contribution is 7.91. The van der Waals surface area contributed by atoms with Gasteiger partial charge in [-0.05, 0) is 30.3 Å². The maximum absolute atomic E-state index is 12.6. The van der Waals surface area contributed by atoms with E-state index in [-0.39, 0.29) is 29.8 Å². The number of benzene rings is 1. The fourth-order valence-corrected chi connectivity index (χ4v) is 5.77. The van der Waals surface area contributed by atoms with Crippen LogP contribution in [0.25, 0.3) is 0 Å². The molecule has 0 N–H and O–H groups in total. The summed E-state index contributed by atoms with van der Waals surface area (Å²) >= 11 is 12.7. The number of piperazine rings is 1. The average Bonchev–Trinajstić information content (AvgIpc) is 3.07. The van der Waals surface area contributed by atoms with Gasteiger partial charge >= 0.3 is 0 Å². The Morgan fingerprint density at radius 2 is 1.85 bits per heavy atom. The lowest BCUT2D eigenvalue weighted by atomic mass is 10.3. The third kappa shape index (κ3) is 4.50. The van der Waals surface area contributed by atoms with E-state index in [0.717, 1.165) is 11.3 Å². The third-order valence-corrected chi connectivity index (χ3v) is 7.72. The van der Waals surface area contributed by atoms with Crippen LogP contribution in [0.5, 0.6) is 5.75 Å². The Labute approximate surface area is 165 Å². The number of hydrogen-bond acceptors (Lipinski definition) is 5. The summed E-state index contributed by atoms with van der Waals surface area (Å²) in [5, 5.41) is 0.530. The summed E-state index contributed by atoms with van der Waals surface area (Å²) in [6.45, 7) is 0.987. The molecule has 2 heterocycles. The van der Waals surface area contributed by atoms with E-state index in [2.05, 4.69) is 0 Å². The summed E-state index contributed by atoms with van der Waals surface area (Å²) in [6, 6.07) is 9.87. The lowest BCUT2D eigenvalue weighted by Crippen LogP contribution is -2.51. The van der Waals surface area contributed by atoms with Gasteiger partial charge in [-0.15, -0.1) is 11.3 Å². The highest BCUT2D eigenvalue weighted by Crippen LogP contribution is 2.28. The monoisotopic (exact) mass is 434 g/mol. The smallest absolute Gasteiger partial charge is 0.260 e. The number of ether oxygens (including phenoxy) is 1.